The average molecular weight is 158 g/mol. The van der Waals surface area contributed by atoms with Crippen molar-refractivity contribution in [3.8, 4) is 0 Å². The zero-order valence-corrected chi connectivity index (χ0v) is 8.69. The van der Waals surface area contributed by atoms with Gasteiger partial charge in [-0.2, -0.15) is 0 Å². The highest BCUT2D eigenvalue weighted by atomic mass is 32.1. The monoisotopic (exact) mass is 158 g/mol. The van der Waals surface area contributed by atoms with Crippen molar-refractivity contribution in [1.82, 2.24) is 0 Å². The zero-order valence-electron chi connectivity index (χ0n) is 6.72. The van der Waals surface area contributed by atoms with Crippen LogP contribution in [0.2, 0.25) is 9.56 Å². The Morgan fingerprint density at radius 1 is 1.11 bits per heavy atom. The molecule has 0 saturated carbocycles. The van der Waals surface area contributed by atoms with E-state index in [4.69, 9.17) is 12.2 Å². The molecule has 0 aliphatic rings. The molecule has 0 aromatic heterocycles. The Bertz CT molecular complexity index is 80.9. The molecule has 0 atom stereocenters. The van der Waals surface area contributed by atoms with Crippen molar-refractivity contribution in [1.29, 1.82) is 0 Å². The Kier molecular flexibility index (Phi) is 4.75. The van der Waals surface area contributed by atoms with Crippen molar-refractivity contribution in [3.63, 3.8) is 0 Å². The minimum atomic E-state index is -0.670. The van der Waals surface area contributed by atoms with Gasteiger partial charge >= 0.3 is 14.1 Å². The quantitative estimate of drug-likeness (QED) is 0.449. The Hall–Kier alpha value is 0.622. The fourth-order valence-electron chi connectivity index (χ4n) is 1.08. The topological polar surface area (TPSA) is 0 Å². The van der Waals surface area contributed by atoms with Gasteiger partial charge in [0.1, 0.15) is 0 Å². The van der Waals surface area contributed by atoms with Gasteiger partial charge in [-0.05, 0) is 0 Å². The summed E-state index contributed by atoms with van der Waals surface area (Å²) in [6, 6.07) is 0. The molecule has 0 aliphatic heterocycles. The zero-order chi connectivity index (χ0) is 7.44. The van der Waals surface area contributed by atoms with E-state index in [2.05, 4.69) is 27.7 Å². The van der Waals surface area contributed by atoms with Crippen molar-refractivity contribution in [3.05, 3.63) is 0 Å². The van der Waals surface area contributed by atoms with E-state index in [0.717, 1.165) is 9.56 Å². The minimum Gasteiger partial charge on any atom is -0.113 e. The molecule has 9 heavy (non-hydrogen) atoms. The second kappa shape index (κ2) is 4.44. The van der Waals surface area contributed by atoms with Crippen LogP contribution in [0.4, 0.5) is 0 Å². The summed E-state index contributed by atoms with van der Waals surface area (Å²) in [5.74, 6) is 0. The van der Waals surface area contributed by atoms with E-state index in [1.165, 1.54) is 0 Å². The smallest absolute Gasteiger partial charge is 0.113 e. The van der Waals surface area contributed by atoms with Crippen LogP contribution in [-0.2, 0) is 0 Å². The van der Waals surface area contributed by atoms with Crippen molar-refractivity contribution >= 4 is 30.6 Å². The maximum absolute atomic E-state index is 4.96. The van der Waals surface area contributed by atoms with Crippen molar-refractivity contribution in [2.24, 2.45) is 0 Å². The second-order valence-electron chi connectivity index (χ2n) is 3.20. The lowest BCUT2D eigenvalue weighted by atomic mass is 10.5. The van der Waals surface area contributed by atoms with Gasteiger partial charge in [-0.3, -0.25) is 0 Å². The van der Waals surface area contributed by atoms with Crippen LogP contribution in [0.1, 0.15) is 27.7 Å². The van der Waals surface area contributed by atoms with Crippen LogP contribution in [0.3, 0.4) is 0 Å². The molecule has 0 amide bonds. The molecule has 0 aromatic carbocycles. The summed E-state index contributed by atoms with van der Waals surface area (Å²) in [4.78, 5) is 0. The molecule has 2 heteroatoms. The third-order valence-electron chi connectivity index (χ3n) is 1.70. The van der Waals surface area contributed by atoms with Gasteiger partial charge in [-0.25, -0.2) is 0 Å². The molecule has 0 unspecified atom stereocenters. The molecular formula is C7H15AlS. The van der Waals surface area contributed by atoms with Gasteiger partial charge in [0.2, 0.25) is 0 Å². The summed E-state index contributed by atoms with van der Waals surface area (Å²) >= 11 is 4.29. The lowest BCUT2D eigenvalue weighted by Gasteiger charge is -2.12. The largest absolute Gasteiger partial charge is 0.317 e. The van der Waals surface area contributed by atoms with E-state index in [9.17, 15) is 0 Å². The van der Waals surface area contributed by atoms with Gasteiger partial charge in [-0.1, -0.05) is 41.5 Å². The summed E-state index contributed by atoms with van der Waals surface area (Å²) in [7, 11) is 0. The highest BCUT2D eigenvalue weighted by molar-refractivity contribution is 7.82. The summed E-state index contributed by atoms with van der Waals surface area (Å²) in [6.45, 7) is 9.11. The lowest BCUT2D eigenvalue weighted by Crippen LogP contribution is -2.21. The van der Waals surface area contributed by atoms with Crippen LogP contribution >= 0.6 is 12.2 Å². The number of hydrogen-bond acceptors (Lipinski definition) is 1. The van der Waals surface area contributed by atoms with Crippen molar-refractivity contribution in [2.75, 3.05) is 0 Å². The van der Waals surface area contributed by atoms with E-state index < -0.39 is 14.1 Å². The van der Waals surface area contributed by atoms with Crippen LogP contribution < -0.4 is 0 Å². The molecule has 0 radical (unpaired) electrons. The standard InChI is InChI=1S/2C3H7.CHS.Al/c2*1-3-2;1-2;/h2*3H,1-2H3;1H;. The predicted molar refractivity (Wildman–Crippen MR) is 49.6 cm³/mol. The molecule has 0 spiro atoms. The Morgan fingerprint density at radius 3 is 1.44 bits per heavy atom. The molecule has 0 N–H and O–H groups in total. The van der Waals surface area contributed by atoms with E-state index in [-0.39, 0.29) is 0 Å². The SMILES string of the molecule is C[CH](C)[Al]([CH]=S)[CH](C)C. The van der Waals surface area contributed by atoms with Crippen LogP contribution in [0.25, 0.3) is 0 Å². The Balaban J connectivity index is 3.82. The summed E-state index contributed by atoms with van der Waals surface area (Å²) in [5, 5.41) is 0. The highest BCUT2D eigenvalue weighted by Crippen LogP contribution is 2.17. The van der Waals surface area contributed by atoms with E-state index >= 15 is 0 Å². The Morgan fingerprint density at radius 2 is 1.44 bits per heavy atom. The molecule has 0 aliphatic carbocycles. The fraction of sp³-hybridized carbons (Fsp3) is 0.857. The van der Waals surface area contributed by atoms with Crippen molar-refractivity contribution < 1.29 is 0 Å². The average Bonchev–Trinajstić information content (AvgIpc) is 1.64. The maximum atomic E-state index is 4.96. The predicted octanol–water partition coefficient (Wildman–Crippen LogP) is 2.84. The van der Waals surface area contributed by atoms with Crippen LogP contribution in [0.15, 0.2) is 0 Å². The van der Waals surface area contributed by atoms with E-state index in [1.54, 1.807) is 0 Å². The number of thiocarbonyl (C=S) groups is 1. The van der Waals surface area contributed by atoms with Gasteiger partial charge in [0.05, 0.1) is 0 Å². The highest BCUT2D eigenvalue weighted by Gasteiger charge is 2.21. The molecule has 0 nitrogen and oxygen atoms in total. The summed E-state index contributed by atoms with van der Waals surface area (Å²) in [6.07, 6.45) is 0. The first kappa shape index (κ1) is 9.62. The molecular weight excluding hydrogens is 143 g/mol. The third-order valence-corrected chi connectivity index (χ3v) is 6.03. The fourth-order valence-corrected chi connectivity index (χ4v) is 5.14. The molecule has 0 bridgehead atoms. The Labute approximate surface area is 68.0 Å². The molecule has 0 rings (SSSR count). The van der Waals surface area contributed by atoms with E-state index in [1.807, 2.05) is 4.23 Å². The third kappa shape index (κ3) is 3.35. The first-order valence-electron chi connectivity index (χ1n) is 3.55. The molecule has 52 valence electrons. The van der Waals surface area contributed by atoms with Gasteiger partial charge in [0, 0.05) is 0 Å². The van der Waals surface area contributed by atoms with Gasteiger partial charge in [0.15, 0.2) is 0 Å². The summed E-state index contributed by atoms with van der Waals surface area (Å²) < 4.78 is 3.71. The first-order chi connectivity index (χ1) is 4.09. The van der Waals surface area contributed by atoms with E-state index in [0.29, 0.717) is 0 Å². The van der Waals surface area contributed by atoms with Crippen LogP contribution in [-0.4, -0.2) is 18.4 Å². The summed E-state index contributed by atoms with van der Waals surface area (Å²) in [5.41, 5.74) is 0. The minimum absolute atomic E-state index is 0.670. The number of rotatable bonds is 3. The second-order valence-corrected chi connectivity index (χ2v) is 8.11. The maximum Gasteiger partial charge on any atom is 0.317 e. The molecule has 0 fully saturated rings. The van der Waals surface area contributed by atoms with Gasteiger partial charge in [-0.15, -0.1) is 12.2 Å². The molecule has 0 aromatic rings. The van der Waals surface area contributed by atoms with Crippen molar-refractivity contribution in [2.45, 2.75) is 37.3 Å². The lowest BCUT2D eigenvalue weighted by molar-refractivity contribution is 0.959. The normalized spacial score (nSPS) is 10.4. The first-order valence-corrected chi connectivity index (χ1v) is 6.02. The van der Waals surface area contributed by atoms with Crippen LogP contribution in [0, 0.1) is 0 Å². The van der Waals surface area contributed by atoms with Gasteiger partial charge in [0.25, 0.3) is 0 Å². The number of hydrogen-bond donors (Lipinski definition) is 0. The molecule has 0 heterocycles. The molecule has 0 saturated heterocycles. The van der Waals surface area contributed by atoms with Gasteiger partial charge < -0.3 is 0 Å². The van der Waals surface area contributed by atoms with Crippen LogP contribution in [0.5, 0.6) is 0 Å².